The number of rotatable bonds is 8. The van der Waals surface area contributed by atoms with Crippen LogP contribution in [0.2, 0.25) is 0 Å². The molecular weight excluding hydrogens is 416 g/mol. The molecule has 0 spiro atoms. The number of methoxy groups -OCH3 is 1. The topological polar surface area (TPSA) is 130 Å². The summed E-state index contributed by atoms with van der Waals surface area (Å²) in [6.07, 6.45) is -3.09. The molecule has 174 valence electrons. The van der Waals surface area contributed by atoms with Crippen LogP contribution in [-0.4, -0.2) is 61.6 Å². The maximum absolute atomic E-state index is 13.0. The van der Waals surface area contributed by atoms with Crippen LogP contribution >= 0.6 is 0 Å². The van der Waals surface area contributed by atoms with Crippen LogP contribution in [0, 0.1) is 17.2 Å². The summed E-state index contributed by atoms with van der Waals surface area (Å²) in [5.41, 5.74) is -0.410. The quantitative estimate of drug-likeness (QED) is 0.581. The Hall–Kier alpha value is -3.32. The van der Waals surface area contributed by atoms with Crippen LogP contribution in [0.1, 0.15) is 32.3 Å². The molecule has 1 heterocycles. The normalized spacial score (nSPS) is 21.3. The van der Waals surface area contributed by atoms with Crippen LogP contribution < -0.4 is 10.6 Å². The molecule has 1 fully saturated rings. The van der Waals surface area contributed by atoms with Crippen LogP contribution in [0.4, 0.5) is 9.59 Å². The number of nitrogens with zero attached hydrogens (tertiary/aromatic N) is 2. The van der Waals surface area contributed by atoms with Crippen LogP contribution in [0.15, 0.2) is 30.3 Å². The summed E-state index contributed by atoms with van der Waals surface area (Å²) in [4.78, 5) is 38.4. The molecule has 0 radical (unpaired) electrons. The van der Waals surface area contributed by atoms with Crippen molar-refractivity contribution in [3.63, 3.8) is 0 Å². The molecule has 1 aromatic carbocycles. The third kappa shape index (κ3) is 7.13. The number of carbonyl (C=O) groups is 3. The average Bonchev–Trinajstić information content (AvgIpc) is 3.07. The Morgan fingerprint density at radius 2 is 1.97 bits per heavy atom. The first kappa shape index (κ1) is 24.9. The molecule has 2 rings (SSSR count). The highest BCUT2D eigenvalue weighted by Gasteiger charge is 2.47. The summed E-state index contributed by atoms with van der Waals surface area (Å²) in [6.45, 7) is 4.19. The second-order valence-corrected chi connectivity index (χ2v) is 8.19. The van der Waals surface area contributed by atoms with E-state index in [-0.39, 0.29) is 31.8 Å². The van der Waals surface area contributed by atoms with E-state index in [0.29, 0.717) is 0 Å². The van der Waals surface area contributed by atoms with Crippen molar-refractivity contribution in [1.29, 1.82) is 5.26 Å². The zero-order chi connectivity index (χ0) is 23.7. The number of likely N-dealkylation sites (N-methyl/N-ethyl adjacent to an activating group) is 1. The average molecular weight is 447 g/mol. The fourth-order valence-corrected chi connectivity index (χ4v) is 3.43. The van der Waals surface area contributed by atoms with Crippen molar-refractivity contribution in [2.75, 3.05) is 20.7 Å². The minimum Gasteiger partial charge on any atom is -0.438 e. The van der Waals surface area contributed by atoms with Crippen molar-refractivity contribution in [2.24, 2.45) is 5.92 Å². The Kier molecular flexibility index (Phi) is 8.84. The zero-order valence-corrected chi connectivity index (χ0v) is 18.8. The lowest BCUT2D eigenvalue weighted by Gasteiger charge is -2.26. The predicted octanol–water partition coefficient (Wildman–Crippen LogP) is 2.15. The van der Waals surface area contributed by atoms with Gasteiger partial charge in [-0.3, -0.25) is 9.69 Å². The molecule has 1 aliphatic heterocycles. The summed E-state index contributed by atoms with van der Waals surface area (Å²) in [5, 5.41) is 15.1. The summed E-state index contributed by atoms with van der Waals surface area (Å²) in [6, 6.07) is 11.4. The molecule has 1 saturated heterocycles. The van der Waals surface area contributed by atoms with Crippen molar-refractivity contribution in [2.45, 2.75) is 51.1 Å². The van der Waals surface area contributed by atoms with Gasteiger partial charge in [-0.2, -0.15) is 5.26 Å². The lowest BCUT2D eigenvalue weighted by molar-refractivity contribution is -0.131. The molecule has 0 bridgehead atoms. The molecule has 0 aromatic heterocycles. The molecule has 1 aromatic rings. The molecule has 2 N–H and O–H groups in total. The fraction of sp³-hybridized carbons (Fsp3) is 0.545. The van der Waals surface area contributed by atoms with Crippen molar-refractivity contribution in [3.8, 4) is 6.07 Å². The second-order valence-electron chi connectivity index (χ2n) is 8.19. The Morgan fingerprint density at radius 1 is 1.28 bits per heavy atom. The molecule has 10 heteroatoms. The van der Waals surface area contributed by atoms with E-state index in [0.717, 1.165) is 5.56 Å². The van der Waals surface area contributed by atoms with E-state index in [1.54, 1.807) is 11.9 Å². The van der Waals surface area contributed by atoms with Gasteiger partial charge in [-0.05, 0) is 24.9 Å². The first-order valence-electron chi connectivity index (χ1n) is 10.3. The summed E-state index contributed by atoms with van der Waals surface area (Å²) >= 11 is 0. The van der Waals surface area contributed by atoms with Gasteiger partial charge in [0.1, 0.15) is 5.54 Å². The first-order chi connectivity index (χ1) is 15.2. The number of nitrogens with one attached hydrogen (secondary N) is 2. The highest BCUT2D eigenvalue weighted by atomic mass is 16.7. The van der Waals surface area contributed by atoms with Crippen molar-refractivity contribution in [1.82, 2.24) is 15.5 Å². The molecular formula is C22H30N4O6. The van der Waals surface area contributed by atoms with Crippen LogP contribution in [0.5, 0.6) is 0 Å². The number of amides is 2. The number of alkyl carbamates (subject to hydrolysis) is 1. The van der Waals surface area contributed by atoms with Gasteiger partial charge in [0.15, 0.2) is 12.3 Å². The number of carbonyl (C=O) groups excluding carboxylic acids is 3. The van der Waals surface area contributed by atoms with Crippen molar-refractivity contribution < 1.29 is 28.6 Å². The summed E-state index contributed by atoms with van der Waals surface area (Å²) in [7, 11) is 2.85. The van der Waals surface area contributed by atoms with Gasteiger partial charge in [-0.25, -0.2) is 9.59 Å². The summed E-state index contributed by atoms with van der Waals surface area (Å²) < 4.78 is 15.0. The molecule has 1 aliphatic rings. The largest absolute Gasteiger partial charge is 0.509 e. The Bertz CT molecular complexity index is 841. The minimum atomic E-state index is -1.30. The predicted molar refractivity (Wildman–Crippen MR) is 114 cm³/mol. The highest BCUT2D eigenvalue weighted by molar-refractivity contribution is 5.84. The number of benzene rings is 1. The lowest BCUT2D eigenvalue weighted by Crippen LogP contribution is -2.53. The molecule has 0 saturated carbocycles. The van der Waals surface area contributed by atoms with Gasteiger partial charge >= 0.3 is 12.2 Å². The van der Waals surface area contributed by atoms with E-state index in [1.807, 2.05) is 44.2 Å². The smallest absolute Gasteiger partial charge is 0.438 e. The standard InChI is InChI=1S/C22H30N4O6/c1-15(2)10-17(31-20(28)24-12-16-8-6-5-7-9-16)19(27)25-22(13-23)11-18(26(3)14-22)32-21(29)30-4/h5-9,15,17-18H,10-12,14H2,1-4H3,(H,24,28)(H,25,27). The highest BCUT2D eigenvalue weighted by Crippen LogP contribution is 2.27. The van der Waals surface area contributed by atoms with E-state index in [2.05, 4.69) is 21.4 Å². The van der Waals surface area contributed by atoms with E-state index in [9.17, 15) is 19.6 Å². The fourth-order valence-electron chi connectivity index (χ4n) is 3.43. The number of likely N-dealkylation sites (tertiary alicyclic amines) is 1. The summed E-state index contributed by atoms with van der Waals surface area (Å²) in [5.74, 6) is -0.519. The first-order valence-corrected chi connectivity index (χ1v) is 10.3. The molecule has 10 nitrogen and oxygen atoms in total. The van der Waals surface area contributed by atoms with Crippen LogP contribution in [-0.2, 0) is 25.5 Å². The molecule has 3 unspecified atom stereocenters. The molecule has 32 heavy (non-hydrogen) atoms. The van der Waals surface area contributed by atoms with Crippen molar-refractivity contribution in [3.05, 3.63) is 35.9 Å². The van der Waals surface area contributed by atoms with E-state index in [4.69, 9.17) is 9.47 Å². The monoisotopic (exact) mass is 446 g/mol. The maximum atomic E-state index is 13.0. The van der Waals surface area contributed by atoms with Gasteiger partial charge in [-0.1, -0.05) is 44.2 Å². The zero-order valence-electron chi connectivity index (χ0n) is 18.8. The van der Waals surface area contributed by atoms with E-state index in [1.165, 1.54) is 7.11 Å². The molecule has 3 atom stereocenters. The number of ether oxygens (including phenoxy) is 3. The van der Waals surface area contributed by atoms with Crippen molar-refractivity contribution >= 4 is 18.2 Å². The number of hydrogen-bond acceptors (Lipinski definition) is 8. The Labute approximate surface area is 187 Å². The lowest BCUT2D eigenvalue weighted by atomic mass is 9.98. The van der Waals surface area contributed by atoms with Crippen LogP contribution in [0.3, 0.4) is 0 Å². The van der Waals surface area contributed by atoms with Gasteiger partial charge in [-0.15, -0.1) is 0 Å². The SMILES string of the molecule is COC(=O)OC1CC(C#N)(NC(=O)C(CC(C)C)OC(=O)NCc2ccccc2)CN1C. The van der Waals surface area contributed by atoms with Gasteiger partial charge in [0, 0.05) is 19.5 Å². The minimum absolute atomic E-state index is 0.0510. The number of nitriles is 1. The third-order valence-corrected chi connectivity index (χ3v) is 5.02. The van der Waals surface area contributed by atoms with Crippen LogP contribution in [0.25, 0.3) is 0 Å². The van der Waals surface area contributed by atoms with Gasteiger partial charge in [0.25, 0.3) is 5.91 Å². The van der Waals surface area contributed by atoms with Gasteiger partial charge < -0.3 is 24.8 Å². The second kappa shape index (κ2) is 11.3. The van der Waals surface area contributed by atoms with Gasteiger partial charge in [0.05, 0.1) is 13.2 Å². The third-order valence-electron chi connectivity index (χ3n) is 5.02. The molecule has 2 amide bonds. The maximum Gasteiger partial charge on any atom is 0.509 e. The van der Waals surface area contributed by atoms with E-state index < -0.39 is 36.0 Å². The van der Waals surface area contributed by atoms with Gasteiger partial charge in [0.2, 0.25) is 0 Å². The Morgan fingerprint density at radius 3 is 2.56 bits per heavy atom. The number of hydrogen-bond donors (Lipinski definition) is 2. The van der Waals surface area contributed by atoms with E-state index >= 15 is 0 Å². The molecule has 0 aliphatic carbocycles. The Balaban J connectivity index is 2.02.